The van der Waals surface area contributed by atoms with E-state index in [0.717, 1.165) is 17.1 Å². The number of hydrogen-bond acceptors (Lipinski definition) is 8. The molecule has 28 heavy (non-hydrogen) atoms. The van der Waals surface area contributed by atoms with Gasteiger partial charge in [-0.25, -0.2) is 9.59 Å². The predicted octanol–water partition coefficient (Wildman–Crippen LogP) is 1.82. The molecule has 150 valence electrons. The smallest absolute Gasteiger partial charge is 0.337 e. The number of ether oxygens (including phenoxy) is 1. The Labute approximate surface area is 169 Å². The maximum absolute atomic E-state index is 11.9. The fraction of sp³-hybridized carbons (Fsp3) is 0.294. The molecule has 2 rings (SSSR count). The number of aliphatic hydroxyl groups excluding tert-OH is 1. The molecule has 0 aliphatic rings. The molecule has 0 saturated carbocycles. The Morgan fingerprint density at radius 2 is 2.14 bits per heavy atom. The van der Waals surface area contributed by atoms with Crippen molar-refractivity contribution in [1.29, 1.82) is 0 Å². The molecule has 0 aliphatic carbocycles. The largest absolute Gasteiger partial charge is 0.465 e. The molecule has 0 atom stereocenters. The van der Waals surface area contributed by atoms with Crippen LogP contribution in [-0.4, -0.2) is 47.6 Å². The second-order valence-corrected chi connectivity index (χ2v) is 7.23. The van der Waals surface area contributed by atoms with Crippen molar-refractivity contribution in [3.63, 3.8) is 0 Å². The first-order valence-corrected chi connectivity index (χ1v) is 9.97. The number of primary amides is 1. The molecule has 0 aliphatic heterocycles. The average Bonchev–Trinajstić information content (AvgIpc) is 3.08. The van der Waals surface area contributed by atoms with Crippen LogP contribution < -0.4 is 16.4 Å². The molecule has 0 unspecified atom stereocenters. The van der Waals surface area contributed by atoms with Crippen molar-refractivity contribution in [3.8, 4) is 0 Å². The number of aromatic nitrogens is 1. The third-order valence-electron chi connectivity index (χ3n) is 3.48. The molecular formula is C17H20N4O5S2. The fourth-order valence-corrected chi connectivity index (χ4v) is 4.07. The molecule has 1 aromatic carbocycles. The first kappa shape index (κ1) is 21.7. The van der Waals surface area contributed by atoms with Crippen LogP contribution in [0.1, 0.15) is 32.7 Å². The van der Waals surface area contributed by atoms with E-state index in [2.05, 4.69) is 15.0 Å². The van der Waals surface area contributed by atoms with Crippen molar-refractivity contribution >= 4 is 46.2 Å². The first-order valence-electron chi connectivity index (χ1n) is 8.21. The highest BCUT2D eigenvalue weighted by Gasteiger charge is 2.21. The number of urea groups is 1. The molecule has 11 heteroatoms. The number of amides is 3. The molecule has 3 amide bonds. The van der Waals surface area contributed by atoms with Crippen LogP contribution in [0.25, 0.3) is 0 Å². The summed E-state index contributed by atoms with van der Waals surface area (Å²) in [6.07, 6.45) is 0.421. The maximum atomic E-state index is 11.9. The number of carbonyl (C=O) groups excluding carboxylic acids is 3. The van der Waals surface area contributed by atoms with E-state index < -0.39 is 17.9 Å². The van der Waals surface area contributed by atoms with Crippen LogP contribution in [0, 0.1) is 0 Å². The first-order chi connectivity index (χ1) is 13.5. The van der Waals surface area contributed by atoms with Gasteiger partial charge in [-0.15, -0.1) is 0 Å². The van der Waals surface area contributed by atoms with Crippen LogP contribution in [0.2, 0.25) is 0 Å². The van der Waals surface area contributed by atoms with E-state index in [-0.39, 0.29) is 17.2 Å². The summed E-state index contributed by atoms with van der Waals surface area (Å²) in [5.41, 5.74) is 6.86. The molecule has 0 spiro atoms. The van der Waals surface area contributed by atoms with Gasteiger partial charge in [-0.05, 0) is 35.6 Å². The van der Waals surface area contributed by atoms with Crippen molar-refractivity contribution in [1.82, 2.24) is 9.69 Å². The number of aliphatic hydroxyl groups is 1. The van der Waals surface area contributed by atoms with Crippen LogP contribution in [-0.2, 0) is 10.5 Å². The molecule has 1 heterocycles. The molecule has 0 bridgehead atoms. The molecule has 0 fully saturated rings. The van der Waals surface area contributed by atoms with Gasteiger partial charge in [-0.1, -0.05) is 23.9 Å². The van der Waals surface area contributed by atoms with E-state index >= 15 is 0 Å². The van der Waals surface area contributed by atoms with Gasteiger partial charge in [0, 0.05) is 18.9 Å². The highest BCUT2D eigenvalue weighted by molar-refractivity contribution is 7.98. The van der Waals surface area contributed by atoms with E-state index in [1.54, 1.807) is 18.2 Å². The summed E-state index contributed by atoms with van der Waals surface area (Å²) in [6.45, 7) is 0.260. The van der Waals surface area contributed by atoms with Crippen LogP contribution in [0.15, 0.2) is 29.3 Å². The lowest BCUT2D eigenvalue weighted by Gasteiger charge is -2.07. The lowest BCUT2D eigenvalue weighted by molar-refractivity contribution is 0.0600. The predicted molar refractivity (Wildman–Crippen MR) is 107 cm³/mol. The number of nitrogens with one attached hydrogen (secondary N) is 2. The normalized spacial score (nSPS) is 10.4. The standard InChI is InChI=1S/C17H20N4O5S2/c1-26-16(24)11-5-2-4-10(8-11)9-27-15-12(13(18)23)14(28-21-15)20-17(25)19-6-3-7-22/h2,4-5,8,22H,3,6-7,9H2,1H3,(H2,18,23)(H2,19,20,25). The van der Waals surface area contributed by atoms with Gasteiger partial charge in [-0.3, -0.25) is 10.1 Å². The van der Waals surface area contributed by atoms with Crippen LogP contribution in [0.5, 0.6) is 0 Å². The zero-order valence-electron chi connectivity index (χ0n) is 15.1. The van der Waals surface area contributed by atoms with Gasteiger partial charge in [-0.2, -0.15) is 4.37 Å². The number of carbonyl (C=O) groups is 3. The summed E-state index contributed by atoms with van der Waals surface area (Å²) in [7, 11) is 1.31. The Morgan fingerprint density at radius 1 is 1.36 bits per heavy atom. The zero-order valence-corrected chi connectivity index (χ0v) is 16.7. The van der Waals surface area contributed by atoms with Gasteiger partial charge in [0.25, 0.3) is 5.91 Å². The molecule has 0 saturated heterocycles. The van der Waals surface area contributed by atoms with E-state index in [4.69, 9.17) is 15.6 Å². The van der Waals surface area contributed by atoms with Crippen molar-refractivity contribution in [2.75, 3.05) is 25.6 Å². The Balaban J connectivity index is 2.08. The molecule has 0 radical (unpaired) electrons. The molecule has 5 N–H and O–H groups in total. The van der Waals surface area contributed by atoms with Crippen LogP contribution >= 0.6 is 23.3 Å². The minimum atomic E-state index is -0.704. The third-order valence-corrected chi connectivity index (χ3v) is 5.40. The molecular weight excluding hydrogens is 404 g/mol. The summed E-state index contributed by atoms with van der Waals surface area (Å²) in [6, 6.07) is 6.41. The number of anilines is 1. The minimum Gasteiger partial charge on any atom is -0.465 e. The van der Waals surface area contributed by atoms with Gasteiger partial charge in [0.1, 0.15) is 15.6 Å². The number of nitrogens with zero attached hydrogens (tertiary/aromatic N) is 1. The number of methoxy groups -OCH3 is 1. The lowest BCUT2D eigenvalue weighted by atomic mass is 10.1. The van der Waals surface area contributed by atoms with E-state index in [1.807, 2.05) is 6.07 Å². The Hall–Kier alpha value is -2.63. The summed E-state index contributed by atoms with van der Waals surface area (Å²) >= 11 is 2.22. The monoisotopic (exact) mass is 424 g/mol. The second-order valence-electron chi connectivity index (χ2n) is 5.49. The minimum absolute atomic E-state index is 0.0364. The number of nitrogens with two attached hydrogens (primary N) is 1. The Morgan fingerprint density at radius 3 is 2.82 bits per heavy atom. The van der Waals surface area contributed by atoms with Crippen molar-refractivity contribution in [3.05, 3.63) is 41.0 Å². The summed E-state index contributed by atoms with van der Waals surface area (Å²) in [4.78, 5) is 35.3. The van der Waals surface area contributed by atoms with E-state index in [0.29, 0.717) is 29.3 Å². The zero-order chi connectivity index (χ0) is 20.5. The second kappa shape index (κ2) is 10.6. The van der Waals surface area contributed by atoms with Gasteiger partial charge in [0.05, 0.1) is 12.7 Å². The SMILES string of the molecule is COC(=O)c1cccc(CSc2nsc(NC(=O)NCCCO)c2C(N)=O)c1. The number of rotatable bonds is 9. The highest BCUT2D eigenvalue weighted by atomic mass is 32.2. The van der Waals surface area contributed by atoms with Gasteiger partial charge >= 0.3 is 12.0 Å². The summed E-state index contributed by atoms with van der Waals surface area (Å²) in [5.74, 6) is -0.695. The number of hydrogen-bond donors (Lipinski definition) is 4. The van der Waals surface area contributed by atoms with Crippen molar-refractivity contribution in [2.24, 2.45) is 5.73 Å². The van der Waals surface area contributed by atoms with Gasteiger partial charge in [0.2, 0.25) is 0 Å². The topological polar surface area (TPSA) is 144 Å². The van der Waals surface area contributed by atoms with Crippen molar-refractivity contribution in [2.45, 2.75) is 17.2 Å². The van der Waals surface area contributed by atoms with Crippen LogP contribution in [0.4, 0.5) is 9.80 Å². The number of benzene rings is 1. The fourth-order valence-electron chi connectivity index (χ4n) is 2.16. The number of esters is 1. The average molecular weight is 425 g/mol. The quantitative estimate of drug-likeness (QED) is 0.273. The van der Waals surface area contributed by atoms with Gasteiger partial charge < -0.3 is 20.9 Å². The van der Waals surface area contributed by atoms with E-state index in [1.165, 1.54) is 18.9 Å². The summed E-state index contributed by atoms with van der Waals surface area (Å²) < 4.78 is 8.91. The molecule has 9 nitrogen and oxygen atoms in total. The van der Waals surface area contributed by atoms with Crippen molar-refractivity contribution < 1.29 is 24.2 Å². The van der Waals surface area contributed by atoms with E-state index in [9.17, 15) is 14.4 Å². The third kappa shape index (κ3) is 5.94. The molecule has 1 aromatic heterocycles. The highest BCUT2D eigenvalue weighted by Crippen LogP contribution is 2.33. The lowest BCUT2D eigenvalue weighted by Crippen LogP contribution is -2.30. The number of thioether (sulfide) groups is 1. The Kier molecular flexibility index (Phi) is 8.23. The summed E-state index contributed by atoms with van der Waals surface area (Å²) in [5, 5.41) is 14.5. The maximum Gasteiger partial charge on any atom is 0.337 e. The van der Waals surface area contributed by atoms with Gasteiger partial charge in [0.15, 0.2) is 0 Å². The Bertz CT molecular complexity index is 856. The van der Waals surface area contributed by atoms with Crippen LogP contribution in [0.3, 0.4) is 0 Å². The molecule has 2 aromatic rings.